The molecule has 1 aliphatic carbocycles. The second-order valence-corrected chi connectivity index (χ2v) is 5.08. The molecule has 2 rings (SSSR count). The van der Waals surface area contributed by atoms with E-state index < -0.39 is 12.1 Å². The first-order chi connectivity index (χ1) is 7.43. The molecule has 0 aromatic heterocycles. The van der Waals surface area contributed by atoms with E-state index in [1.807, 2.05) is 6.92 Å². The topological polar surface area (TPSA) is 29.5 Å². The molecular formula is C11H17F3O2. The first kappa shape index (κ1) is 12.2. The normalized spacial score (nSPS) is 44.4. The number of rotatable bonds is 1. The molecule has 0 spiro atoms. The van der Waals surface area contributed by atoms with Crippen molar-refractivity contribution in [1.29, 1.82) is 0 Å². The Labute approximate surface area is 92.8 Å². The molecule has 94 valence electrons. The van der Waals surface area contributed by atoms with E-state index in [0.29, 0.717) is 6.61 Å². The minimum Gasteiger partial charge on any atom is -0.396 e. The van der Waals surface area contributed by atoms with Crippen LogP contribution in [0.4, 0.5) is 13.2 Å². The highest BCUT2D eigenvalue weighted by atomic mass is 19.4. The van der Waals surface area contributed by atoms with Crippen molar-refractivity contribution >= 4 is 0 Å². The average Bonchev–Trinajstić information content (AvgIpc) is 2.58. The summed E-state index contributed by atoms with van der Waals surface area (Å²) in [6, 6.07) is 0. The summed E-state index contributed by atoms with van der Waals surface area (Å²) in [6.45, 7) is 2.35. The second kappa shape index (κ2) is 4.18. The summed E-state index contributed by atoms with van der Waals surface area (Å²) in [4.78, 5) is 0. The molecule has 0 bridgehead atoms. The third-order valence-electron chi connectivity index (χ3n) is 4.01. The Morgan fingerprint density at radius 3 is 2.56 bits per heavy atom. The lowest BCUT2D eigenvalue weighted by Crippen LogP contribution is -2.42. The number of aliphatic hydroxyl groups excluding tert-OH is 1. The summed E-state index contributed by atoms with van der Waals surface area (Å²) in [5.41, 5.74) is 0. The van der Waals surface area contributed by atoms with Gasteiger partial charge in [0.05, 0.1) is 12.0 Å². The first-order valence-corrected chi connectivity index (χ1v) is 5.72. The van der Waals surface area contributed by atoms with Gasteiger partial charge in [-0.05, 0) is 30.6 Å². The van der Waals surface area contributed by atoms with Gasteiger partial charge in [-0.1, -0.05) is 6.92 Å². The van der Waals surface area contributed by atoms with Crippen molar-refractivity contribution in [3.8, 4) is 0 Å². The zero-order valence-corrected chi connectivity index (χ0v) is 9.20. The highest BCUT2D eigenvalue weighted by Crippen LogP contribution is 2.48. The number of hydrogen-bond acceptors (Lipinski definition) is 2. The van der Waals surface area contributed by atoms with Crippen LogP contribution in [0.2, 0.25) is 0 Å². The van der Waals surface area contributed by atoms with Crippen molar-refractivity contribution in [3.63, 3.8) is 0 Å². The summed E-state index contributed by atoms with van der Waals surface area (Å²) in [6.07, 6.45) is -4.36. The molecule has 0 amide bonds. The van der Waals surface area contributed by atoms with Gasteiger partial charge in [0.25, 0.3) is 0 Å². The lowest BCUT2D eigenvalue weighted by Gasteiger charge is -2.38. The van der Waals surface area contributed by atoms with Crippen LogP contribution in [0.3, 0.4) is 0 Å². The van der Waals surface area contributed by atoms with E-state index in [-0.39, 0.29) is 43.3 Å². The maximum Gasteiger partial charge on any atom is 0.391 e. The van der Waals surface area contributed by atoms with Gasteiger partial charge in [0.2, 0.25) is 0 Å². The number of fused-ring (bicyclic) bond motifs is 1. The lowest BCUT2D eigenvalue weighted by atomic mass is 9.69. The van der Waals surface area contributed by atoms with Gasteiger partial charge < -0.3 is 9.84 Å². The zero-order chi connectivity index (χ0) is 11.9. The molecule has 16 heavy (non-hydrogen) atoms. The molecule has 0 radical (unpaired) electrons. The van der Waals surface area contributed by atoms with E-state index in [4.69, 9.17) is 4.74 Å². The summed E-state index contributed by atoms with van der Waals surface area (Å²) >= 11 is 0. The number of aliphatic hydroxyl groups is 1. The van der Waals surface area contributed by atoms with Crippen molar-refractivity contribution in [1.82, 2.24) is 0 Å². The van der Waals surface area contributed by atoms with Gasteiger partial charge in [-0.3, -0.25) is 0 Å². The maximum absolute atomic E-state index is 12.7. The molecular weight excluding hydrogens is 221 g/mol. The molecule has 1 saturated carbocycles. The molecule has 0 aromatic carbocycles. The van der Waals surface area contributed by atoms with Crippen LogP contribution in [0.1, 0.15) is 19.8 Å². The van der Waals surface area contributed by atoms with Crippen LogP contribution in [0.25, 0.3) is 0 Å². The van der Waals surface area contributed by atoms with Crippen LogP contribution >= 0.6 is 0 Å². The molecule has 0 aromatic rings. The van der Waals surface area contributed by atoms with E-state index in [0.717, 1.165) is 0 Å². The predicted octanol–water partition coefficient (Wildman–Crippen LogP) is 2.22. The van der Waals surface area contributed by atoms with Crippen molar-refractivity contribution in [2.45, 2.75) is 32.0 Å². The van der Waals surface area contributed by atoms with Crippen molar-refractivity contribution in [2.24, 2.45) is 23.7 Å². The van der Waals surface area contributed by atoms with Gasteiger partial charge in [-0.2, -0.15) is 13.2 Å². The lowest BCUT2D eigenvalue weighted by molar-refractivity contribution is -0.200. The van der Waals surface area contributed by atoms with Crippen molar-refractivity contribution in [3.05, 3.63) is 0 Å². The largest absolute Gasteiger partial charge is 0.396 e. The van der Waals surface area contributed by atoms with Gasteiger partial charge in [-0.15, -0.1) is 0 Å². The Balaban J connectivity index is 2.12. The SMILES string of the molecule is C[C@@H]1CO[C@@H]2C[C@H](C(F)(F)F)C[C@@H](CO)[C@@H]12. The molecule has 2 aliphatic rings. The van der Waals surface area contributed by atoms with Crippen LogP contribution in [-0.4, -0.2) is 30.6 Å². The fourth-order valence-electron chi connectivity index (χ4n) is 3.22. The summed E-state index contributed by atoms with van der Waals surface area (Å²) in [7, 11) is 0. The Morgan fingerprint density at radius 2 is 2.00 bits per heavy atom. The number of alkyl halides is 3. The van der Waals surface area contributed by atoms with E-state index in [1.165, 1.54) is 0 Å². The van der Waals surface area contributed by atoms with Crippen LogP contribution in [0.5, 0.6) is 0 Å². The number of ether oxygens (including phenoxy) is 1. The highest BCUT2D eigenvalue weighted by molar-refractivity contribution is 4.94. The molecule has 2 nitrogen and oxygen atoms in total. The quantitative estimate of drug-likeness (QED) is 0.759. The Morgan fingerprint density at radius 1 is 1.31 bits per heavy atom. The summed E-state index contributed by atoms with van der Waals surface area (Å²) in [5.74, 6) is -1.21. The first-order valence-electron chi connectivity index (χ1n) is 5.72. The molecule has 1 heterocycles. The van der Waals surface area contributed by atoms with Crippen LogP contribution < -0.4 is 0 Å². The predicted molar refractivity (Wildman–Crippen MR) is 51.7 cm³/mol. The molecule has 2 fully saturated rings. The van der Waals surface area contributed by atoms with Crippen molar-refractivity contribution in [2.75, 3.05) is 13.2 Å². The van der Waals surface area contributed by atoms with Gasteiger partial charge in [0.1, 0.15) is 0 Å². The van der Waals surface area contributed by atoms with E-state index in [1.54, 1.807) is 0 Å². The second-order valence-electron chi connectivity index (χ2n) is 5.08. The molecule has 5 atom stereocenters. The maximum atomic E-state index is 12.7. The number of hydrogen-bond donors (Lipinski definition) is 1. The molecule has 5 heteroatoms. The molecule has 0 unspecified atom stereocenters. The van der Waals surface area contributed by atoms with Crippen LogP contribution in [0, 0.1) is 23.7 Å². The number of halogens is 3. The monoisotopic (exact) mass is 238 g/mol. The van der Waals surface area contributed by atoms with Gasteiger partial charge in [0, 0.05) is 13.2 Å². The van der Waals surface area contributed by atoms with E-state index >= 15 is 0 Å². The molecule has 1 N–H and O–H groups in total. The Hall–Kier alpha value is -0.290. The minimum atomic E-state index is -4.16. The summed E-state index contributed by atoms with van der Waals surface area (Å²) < 4.78 is 43.4. The van der Waals surface area contributed by atoms with Gasteiger partial charge in [-0.25, -0.2) is 0 Å². The molecule has 1 aliphatic heterocycles. The van der Waals surface area contributed by atoms with E-state index in [2.05, 4.69) is 0 Å². The zero-order valence-electron chi connectivity index (χ0n) is 9.20. The van der Waals surface area contributed by atoms with Gasteiger partial charge in [0.15, 0.2) is 0 Å². The van der Waals surface area contributed by atoms with E-state index in [9.17, 15) is 18.3 Å². The smallest absolute Gasteiger partial charge is 0.391 e. The fourth-order valence-corrected chi connectivity index (χ4v) is 3.22. The van der Waals surface area contributed by atoms with Crippen LogP contribution in [-0.2, 0) is 4.74 Å². The third kappa shape index (κ3) is 2.07. The van der Waals surface area contributed by atoms with Crippen LogP contribution in [0.15, 0.2) is 0 Å². The highest BCUT2D eigenvalue weighted by Gasteiger charge is 2.52. The minimum absolute atomic E-state index is 0.0505. The average molecular weight is 238 g/mol. The Bertz CT molecular complexity index is 254. The standard InChI is InChI=1S/C11H17F3O2/c1-6-5-16-9-3-8(11(12,13)14)2-7(4-15)10(6)9/h6-10,15H,2-5H2,1H3/t6-,7+,8-,9-,10-/m1/s1. The molecule has 1 saturated heterocycles. The fraction of sp³-hybridized carbons (Fsp3) is 1.00. The summed E-state index contributed by atoms with van der Waals surface area (Å²) in [5, 5.41) is 9.22. The Kier molecular flexibility index (Phi) is 3.18. The van der Waals surface area contributed by atoms with Crippen molar-refractivity contribution < 1.29 is 23.0 Å². The van der Waals surface area contributed by atoms with Gasteiger partial charge >= 0.3 is 6.18 Å². The third-order valence-corrected chi connectivity index (χ3v) is 4.01.